The Morgan fingerprint density at radius 3 is 2.89 bits per heavy atom. The summed E-state index contributed by atoms with van der Waals surface area (Å²) in [5.41, 5.74) is 6.43. The Balaban J connectivity index is 1.51. The number of amides is 1. The molecule has 0 saturated carbocycles. The summed E-state index contributed by atoms with van der Waals surface area (Å²) in [6.07, 6.45) is 5.47. The molecule has 28 heavy (non-hydrogen) atoms. The average Bonchev–Trinajstić information content (AvgIpc) is 2.73. The fraction of sp³-hybridized carbons (Fsp3) is 0.227. The second-order valence-corrected chi connectivity index (χ2v) is 7.54. The van der Waals surface area contributed by atoms with E-state index in [-0.39, 0.29) is 0 Å². The van der Waals surface area contributed by atoms with Crippen molar-refractivity contribution in [3.05, 3.63) is 82.3 Å². The molecular weight excluding hydrogens is 374 g/mol. The van der Waals surface area contributed by atoms with Gasteiger partial charge in [-0.2, -0.15) is 0 Å². The molecular formula is C22H20ClN3O2. The number of fused-ring (bicyclic) bond motifs is 1. The van der Waals surface area contributed by atoms with Crippen molar-refractivity contribution in [2.24, 2.45) is 5.92 Å². The van der Waals surface area contributed by atoms with E-state index < -0.39 is 5.91 Å². The second kappa shape index (κ2) is 8.09. The van der Waals surface area contributed by atoms with E-state index in [0.29, 0.717) is 16.5 Å². The lowest BCUT2D eigenvalue weighted by Gasteiger charge is -2.24. The van der Waals surface area contributed by atoms with Crippen LogP contribution in [0.2, 0.25) is 5.02 Å². The molecule has 1 aliphatic carbocycles. The Labute approximate surface area is 168 Å². The highest BCUT2D eigenvalue weighted by atomic mass is 35.5. The zero-order chi connectivity index (χ0) is 19.5. The Hall–Kier alpha value is -2.76. The van der Waals surface area contributed by atoms with Gasteiger partial charge in [0.2, 0.25) is 0 Å². The Bertz CT molecular complexity index is 1020. The summed E-state index contributed by atoms with van der Waals surface area (Å²) in [4.78, 5) is 20.9. The summed E-state index contributed by atoms with van der Waals surface area (Å²) in [5.74, 6) is 0.743. The van der Waals surface area contributed by atoms with Crippen molar-refractivity contribution in [2.45, 2.75) is 25.7 Å². The molecule has 1 atom stereocenters. The van der Waals surface area contributed by atoms with Crippen molar-refractivity contribution >= 4 is 17.5 Å². The smallest absolute Gasteiger partial charge is 0.274 e. The van der Waals surface area contributed by atoms with E-state index in [1.165, 1.54) is 5.56 Å². The molecule has 1 amide bonds. The van der Waals surface area contributed by atoms with Crippen molar-refractivity contribution in [2.75, 3.05) is 0 Å². The van der Waals surface area contributed by atoms with E-state index in [9.17, 15) is 4.79 Å². The van der Waals surface area contributed by atoms with Crippen molar-refractivity contribution in [1.29, 1.82) is 0 Å². The lowest BCUT2D eigenvalue weighted by Crippen LogP contribution is -2.21. The molecule has 1 aliphatic rings. The summed E-state index contributed by atoms with van der Waals surface area (Å²) in [5, 5.41) is 9.54. The highest BCUT2D eigenvalue weighted by Gasteiger charge is 2.21. The van der Waals surface area contributed by atoms with Gasteiger partial charge in [-0.05, 0) is 66.6 Å². The number of aromatic nitrogens is 2. The molecule has 1 aromatic heterocycles. The zero-order valence-corrected chi connectivity index (χ0v) is 16.0. The minimum atomic E-state index is -0.484. The minimum Gasteiger partial charge on any atom is -0.288 e. The molecule has 2 aromatic carbocycles. The summed E-state index contributed by atoms with van der Waals surface area (Å²) < 4.78 is 0. The second-order valence-electron chi connectivity index (χ2n) is 7.11. The number of hydroxylamine groups is 1. The van der Waals surface area contributed by atoms with E-state index in [1.54, 1.807) is 17.7 Å². The number of hydrogen-bond acceptors (Lipinski definition) is 4. The predicted octanol–water partition coefficient (Wildman–Crippen LogP) is 4.26. The van der Waals surface area contributed by atoms with Crippen LogP contribution in [0.5, 0.6) is 0 Å². The molecule has 4 rings (SSSR count). The molecule has 0 bridgehead atoms. The molecule has 0 aliphatic heterocycles. The Morgan fingerprint density at radius 1 is 1.18 bits per heavy atom. The number of nitrogens with one attached hydrogen (secondary N) is 1. The van der Waals surface area contributed by atoms with Gasteiger partial charge in [-0.1, -0.05) is 29.8 Å². The van der Waals surface area contributed by atoms with Crippen molar-refractivity contribution in [1.82, 2.24) is 15.4 Å². The highest BCUT2D eigenvalue weighted by Crippen LogP contribution is 2.29. The van der Waals surface area contributed by atoms with Crippen LogP contribution >= 0.6 is 11.6 Å². The number of benzene rings is 2. The molecule has 142 valence electrons. The highest BCUT2D eigenvalue weighted by molar-refractivity contribution is 6.30. The van der Waals surface area contributed by atoms with Gasteiger partial charge in [0.25, 0.3) is 5.91 Å². The van der Waals surface area contributed by atoms with E-state index in [2.05, 4.69) is 4.98 Å². The average molecular weight is 394 g/mol. The van der Waals surface area contributed by atoms with Crippen molar-refractivity contribution in [3.63, 3.8) is 0 Å². The maximum absolute atomic E-state index is 11.7. The number of halogens is 1. The van der Waals surface area contributed by atoms with E-state index in [1.807, 2.05) is 42.5 Å². The topological polar surface area (TPSA) is 75.1 Å². The standard InChI is InChI=1S/C22H20ClN3O2/c23-19-3-1-2-16(13-19)20-8-9-24-21(25-20)11-14-4-5-15-6-7-17(22(27)26-28)12-18(15)10-14/h1-3,6-9,12-14,28H,4-5,10-11H2,(H,26,27). The minimum absolute atomic E-state index is 0.412. The number of rotatable bonds is 4. The molecule has 1 heterocycles. The molecule has 6 heteroatoms. The number of hydrogen-bond donors (Lipinski definition) is 2. The Morgan fingerprint density at radius 2 is 2.07 bits per heavy atom. The van der Waals surface area contributed by atoms with Gasteiger partial charge in [-0.3, -0.25) is 10.0 Å². The van der Waals surface area contributed by atoms with E-state index in [4.69, 9.17) is 21.8 Å². The van der Waals surface area contributed by atoms with Gasteiger partial charge in [-0.25, -0.2) is 15.4 Å². The third kappa shape index (κ3) is 4.06. The Kier molecular flexibility index (Phi) is 5.37. The normalized spacial score (nSPS) is 15.7. The van der Waals surface area contributed by atoms with Crippen molar-refractivity contribution < 1.29 is 10.0 Å². The molecule has 5 nitrogen and oxygen atoms in total. The van der Waals surface area contributed by atoms with Crippen LogP contribution in [-0.4, -0.2) is 21.1 Å². The zero-order valence-electron chi connectivity index (χ0n) is 15.2. The van der Waals surface area contributed by atoms with Gasteiger partial charge in [0.1, 0.15) is 5.82 Å². The van der Waals surface area contributed by atoms with E-state index in [0.717, 1.165) is 48.3 Å². The third-order valence-corrected chi connectivity index (χ3v) is 5.43. The fourth-order valence-electron chi connectivity index (χ4n) is 3.78. The first-order chi connectivity index (χ1) is 13.6. The summed E-state index contributed by atoms with van der Waals surface area (Å²) in [7, 11) is 0. The first-order valence-corrected chi connectivity index (χ1v) is 9.64. The monoisotopic (exact) mass is 393 g/mol. The summed E-state index contributed by atoms with van der Waals surface area (Å²) in [6.45, 7) is 0. The molecule has 1 unspecified atom stereocenters. The van der Waals surface area contributed by atoms with E-state index >= 15 is 0 Å². The lowest BCUT2D eigenvalue weighted by atomic mass is 9.81. The van der Waals surface area contributed by atoms with Gasteiger partial charge in [0.05, 0.1) is 5.69 Å². The molecule has 3 aromatic rings. The van der Waals surface area contributed by atoms with Crippen LogP contribution in [0.4, 0.5) is 0 Å². The maximum Gasteiger partial charge on any atom is 0.274 e. The molecule has 0 saturated heterocycles. The van der Waals surface area contributed by atoms with Gasteiger partial charge in [-0.15, -0.1) is 0 Å². The maximum atomic E-state index is 11.7. The van der Waals surface area contributed by atoms with Crippen LogP contribution in [0.25, 0.3) is 11.3 Å². The number of nitrogens with zero attached hydrogens (tertiary/aromatic N) is 2. The van der Waals surface area contributed by atoms with Gasteiger partial charge >= 0.3 is 0 Å². The van der Waals surface area contributed by atoms with Crippen LogP contribution in [0, 0.1) is 5.92 Å². The van der Waals surface area contributed by atoms with Gasteiger partial charge in [0.15, 0.2) is 0 Å². The fourth-order valence-corrected chi connectivity index (χ4v) is 3.97. The van der Waals surface area contributed by atoms with Crippen LogP contribution in [0.3, 0.4) is 0 Å². The largest absolute Gasteiger partial charge is 0.288 e. The first-order valence-electron chi connectivity index (χ1n) is 9.26. The summed E-state index contributed by atoms with van der Waals surface area (Å²) in [6, 6.07) is 15.1. The molecule has 0 spiro atoms. The van der Waals surface area contributed by atoms with Crippen LogP contribution in [-0.2, 0) is 19.3 Å². The van der Waals surface area contributed by atoms with Gasteiger partial charge in [0, 0.05) is 28.8 Å². The number of carbonyl (C=O) groups is 1. The molecule has 0 radical (unpaired) electrons. The SMILES string of the molecule is O=C(NO)c1ccc2c(c1)CC(Cc1nccc(-c3cccc(Cl)c3)n1)CC2. The lowest BCUT2D eigenvalue weighted by molar-refractivity contribution is 0.0706. The predicted molar refractivity (Wildman–Crippen MR) is 107 cm³/mol. The molecule has 0 fully saturated rings. The van der Waals surface area contributed by atoms with Gasteiger partial charge < -0.3 is 0 Å². The first kappa shape index (κ1) is 18.6. The van der Waals surface area contributed by atoms with Crippen molar-refractivity contribution in [3.8, 4) is 11.3 Å². The van der Waals surface area contributed by atoms with Crippen LogP contribution < -0.4 is 5.48 Å². The number of carbonyl (C=O) groups excluding carboxylic acids is 1. The molecule has 2 N–H and O–H groups in total. The van der Waals surface area contributed by atoms with Crippen LogP contribution in [0.1, 0.15) is 33.7 Å². The quantitative estimate of drug-likeness (QED) is 0.513. The third-order valence-electron chi connectivity index (χ3n) is 5.20. The summed E-state index contributed by atoms with van der Waals surface area (Å²) >= 11 is 6.10. The number of aryl methyl sites for hydroxylation is 1. The van der Waals surface area contributed by atoms with Crippen LogP contribution in [0.15, 0.2) is 54.7 Å².